The molecule has 0 saturated carbocycles. The molecule has 0 radical (unpaired) electrons. The number of halogens is 9. The minimum atomic E-state index is -1.80. The summed E-state index contributed by atoms with van der Waals surface area (Å²) in [4.78, 5) is 12.5. The molecule has 194 valence electrons. The van der Waals surface area contributed by atoms with Crippen molar-refractivity contribution in [3.05, 3.63) is 96.1 Å². The number of hydrogen-bond donors (Lipinski definition) is 1. The number of anilines is 1. The number of amides is 1. The van der Waals surface area contributed by atoms with Crippen LogP contribution in [-0.4, -0.2) is 15.7 Å². The molecule has 0 aliphatic carbocycles. The molecule has 0 aliphatic heterocycles. The summed E-state index contributed by atoms with van der Waals surface area (Å²) in [6.45, 7) is -0.763. The van der Waals surface area contributed by atoms with E-state index in [0.29, 0.717) is 0 Å². The van der Waals surface area contributed by atoms with E-state index in [1.54, 1.807) is 0 Å². The van der Waals surface area contributed by atoms with Crippen LogP contribution >= 0.6 is 58.0 Å². The van der Waals surface area contributed by atoms with Crippen LogP contribution in [0.15, 0.2) is 35.0 Å². The van der Waals surface area contributed by atoms with Crippen molar-refractivity contribution in [2.45, 2.75) is 13.2 Å². The smallest absolute Gasteiger partial charge is 0.291 e. The molecule has 1 N–H and O–H groups in total. The SMILES string of the molecule is O=C(Nc1cnn(Cc2c(F)cc(F)c(F)c2F)c1)c1ccc(COc2c(Cl)c(Cl)c(Cl)c(Cl)c2Cl)o1. The van der Waals surface area contributed by atoms with E-state index in [1.165, 1.54) is 24.5 Å². The third kappa shape index (κ3) is 5.63. The molecule has 15 heteroatoms. The Morgan fingerprint density at radius 2 is 1.59 bits per heavy atom. The van der Waals surface area contributed by atoms with Crippen LogP contribution in [0.25, 0.3) is 0 Å². The minimum absolute atomic E-state index is 0.0357. The molecule has 2 aromatic carbocycles. The Hall–Kier alpha value is -2.63. The summed E-state index contributed by atoms with van der Waals surface area (Å²) in [5.74, 6) is -7.05. The van der Waals surface area contributed by atoms with Crippen LogP contribution in [0.3, 0.4) is 0 Å². The van der Waals surface area contributed by atoms with Crippen LogP contribution in [0.4, 0.5) is 23.2 Å². The number of nitrogens with zero attached hydrogens (tertiary/aromatic N) is 2. The maximum atomic E-state index is 13.9. The van der Waals surface area contributed by atoms with Gasteiger partial charge in [-0.1, -0.05) is 58.0 Å². The molecule has 0 spiro atoms. The first-order valence-electron chi connectivity index (χ1n) is 9.86. The highest BCUT2D eigenvalue weighted by atomic mass is 35.5. The second-order valence-electron chi connectivity index (χ2n) is 7.28. The second-order valence-corrected chi connectivity index (χ2v) is 9.17. The molecular formula is C22H10Cl5F4N3O3. The van der Waals surface area contributed by atoms with E-state index in [0.717, 1.165) is 4.68 Å². The predicted octanol–water partition coefficient (Wildman–Crippen LogP) is 8.18. The van der Waals surface area contributed by atoms with Gasteiger partial charge in [-0.15, -0.1) is 0 Å². The quantitative estimate of drug-likeness (QED) is 0.129. The Morgan fingerprint density at radius 3 is 2.27 bits per heavy atom. The van der Waals surface area contributed by atoms with Gasteiger partial charge in [0, 0.05) is 17.8 Å². The normalized spacial score (nSPS) is 11.2. The van der Waals surface area contributed by atoms with Gasteiger partial charge in [-0.2, -0.15) is 5.10 Å². The number of benzene rings is 2. The number of rotatable bonds is 7. The number of nitrogens with one attached hydrogen (secondary N) is 1. The van der Waals surface area contributed by atoms with E-state index in [-0.39, 0.29) is 60.7 Å². The van der Waals surface area contributed by atoms with Gasteiger partial charge in [0.1, 0.15) is 28.2 Å². The largest absolute Gasteiger partial charge is 0.482 e. The molecule has 2 aromatic heterocycles. The van der Waals surface area contributed by atoms with E-state index in [2.05, 4.69) is 10.4 Å². The summed E-state index contributed by atoms with van der Waals surface area (Å²) in [5.41, 5.74) is -0.606. The maximum absolute atomic E-state index is 13.9. The van der Waals surface area contributed by atoms with Gasteiger partial charge in [0.2, 0.25) is 0 Å². The molecule has 4 aromatic rings. The summed E-state index contributed by atoms with van der Waals surface area (Å²) >= 11 is 30.2. The van der Waals surface area contributed by atoms with Crippen molar-refractivity contribution in [2.75, 3.05) is 5.32 Å². The summed E-state index contributed by atoms with van der Waals surface area (Å²) in [7, 11) is 0. The van der Waals surface area contributed by atoms with E-state index >= 15 is 0 Å². The predicted molar refractivity (Wildman–Crippen MR) is 130 cm³/mol. The fourth-order valence-corrected chi connectivity index (χ4v) is 4.28. The van der Waals surface area contributed by atoms with Gasteiger partial charge >= 0.3 is 0 Å². The van der Waals surface area contributed by atoms with Crippen molar-refractivity contribution in [3.63, 3.8) is 0 Å². The van der Waals surface area contributed by atoms with Crippen LogP contribution in [0.5, 0.6) is 5.75 Å². The van der Waals surface area contributed by atoms with Gasteiger partial charge in [0.15, 0.2) is 29.0 Å². The highest BCUT2D eigenvalue weighted by Crippen LogP contribution is 2.48. The average molecular weight is 618 g/mol. The molecule has 4 rings (SSSR count). The Morgan fingerprint density at radius 1 is 0.946 bits per heavy atom. The monoisotopic (exact) mass is 615 g/mol. The highest BCUT2D eigenvalue weighted by Gasteiger charge is 2.22. The van der Waals surface area contributed by atoms with Crippen LogP contribution in [0, 0.1) is 23.3 Å². The third-order valence-corrected chi connectivity index (χ3v) is 7.08. The number of aromatic nitrogens is 2. The van der Waals surface area contributed by atoms with Crippen molar-refractivity contribution in [2.24, 2.45) is 0 Å². The molecule has 0 aliphatic rings. The molecular weight excluding hydrogens is 608 g/mol. The summed E-state index contributed by atoms with van der Waals surface area (Å²) in [6.07, 6.45) is 2.40. The summed E-state index contributed by atoms with van der Waals surface area (Å²) in [6, 6.07) is 3.04. The number of ether oxygens (including phenoxy) is 1. The topological polar surface area (TPSA) is 69.3 Å². The Balaban J connectivity index is 1.41. The highest BCUT2D eigenvalue weighted by molar-refractivity contribution is 6.55. The zero-order valence-electron chi connectivity index (χ0n) is 17.8. The zero-order valence-corrected chi connectivity index (χ0v) is 21.6. The van der Waals surface area contributed by atoms with E-state index in [9.17, 15) is 22.4 Å². The van der Waals surface area contributed by atoms with Gasteiger partial charge in [-0.05, 0) is 12.1 Å². The van der Waals surface area contributed by atoms with Gasteiger partial charge in [0.05, 0.1) is 33.5 Å². The third-order valence-electron chi connectivity index (χ3n) is 4.83. The molecule has 0 unspecified atom stereocenters. The molecule has 0 fully saturated rings. The van der Waals surface area contributed by atoms with Gasteiger partial charge < -0.3 is 14.5 Å². The lowest BCUT2D eigenvalue weighted by Crippen LogP contribution is -2.11. The first-order valence-corrected chi connectivity index (χ1v) is 11.8. The van der Waals surface area contributed by atoms with E-state index in [4.69, 9.17) is 67.2 Å². The maximum Gasteiger partial charge on any atom is 0.291 e. The van der Waals surface area contributed by atoms with Crippen molar-refractivity contribution >= 4 is 69.6 Å². The fraction of sp³-hybridized carbons (Fsp3) is 0.0909. The Labute approximate surface area is 230 Å². The second kappa shape index (κ2) is 11.0. The first kappa shape index (κ1) is 27.4. The van der Waals surface area contributed by atoms with Crippen LogP contribution in [-0.2, 0) is 13.2 Å². The van der Waals surface area contributed by atoms with Gasteiger partial charge in [0.25, 0.3) is 5.91 Å². The van der Waals surface area contributed by atoms with Gasteiger partial charge in [-0.3, -0.25) is 9.48 Å². The number of carbonyl (C=O) groups excluding carboxylic acids is 1. The lowest BCUT2D eigenvalue weighted by Gasteiger charge is -2.12. The molecule has 0 atom stereocenters. The van der Waals surface area contributed by atoms with Crippen molar-refractivity contribution < 1.29 is 31.5 Å². The Bertz CT molecular complexity index is 1500. The minimum Gasteiger partial charge on any atom is -0.482 e. The molecule has 0 saturated heterocycles. The van der Waals surface area contributed by atoms with Crippen molar-refractivity contribution in [3.8, 4) is 5.75 Å². The molecule has 1 amide bonds. The number of furan rings is 1. The summed E-state index contributed by atoms with van der Waals surface area (Å²) in [5, 5.41) is 6.04. The lowest BCUT2D eigenvalue weighted by molar-refractivity contribution is 0.0992. The first-order chi connectivity index (χ1) is 17.5. The number of carbonyl (C=O) groups is 1. The van der Waals surface area contributed by atoms with E-state index < -0.39 is 41.3 Å². The van der Waals surface area contributed by atoms with Crippen LogP contribution in [0.1, 0.15) is 21.9 Å². The van der Waals surface area contributed by atoms with Crippen molar-refractivity contribution in [1.82, 2.24) is 9.78 Å². The average Bonchev–Trinajstić information content (AvgIpc) is 3.52. The Kier molecular flexibility index (Phi) is 8.15. The lowest BCUT2D eigenvalue weighted by atomic mass is 10.2. The van der Waals surface area contributed by atoms with Crippen LogP contribution in [0.2, 0.25) is 25.1 Å². The fourth-order valence-electron chi connectivity index (χ4n) is 3.05. The molecule has 2 heterocycles. The zero-order chi connectivity index (χ0) is 27.0. The molecule has 37 heavy (non-hydrogen) atoms. The molecule has 0 bridgehead atoms. The van der Waals surface area contributed by atoms with Crippen molar-refractivity contribution in [1.29, 1.82) is 0 Å². The van der Waals surface area contributed by atoms with Gasteiger partial charge in [-0.25, -0.2) is 17.6 Å². The molecule has 6 nitrogen and oxygen atoms in total. The standard InChI is InChI=1S/C22H10Cl5F4N3O3/c23-14-15(24)17(26)21(18(27)16(14)25)36-7-9-1-2-13(37-9)22(35)33-8-4-32-34(5-8)6-10-11(28)3-12(29)20(31)19(10)30/h1-5H,6-7H2,(H,33,35). The number of hydrogen-bond acceptors (Lipinski definition) is 4. The van der Waals surface area contributed by atoms with Crippen LogP contribution < -0.4 is 10.1 Å². The van der Waals surface area contributed by atoms with E-state index in [1.807, 2.05) is 0 Å². The summed E-state index contributed by atoms with van der Waals surface area (Å²) < 4.78 is 66.3.